The molecule has 0 bridgehead atoms. The van der Waals surface area contributed by atoms with Gasteiger partial charge in [0.05, 0.1) is 17.1 Å². The van der Waals surface area contributed by atoms with Gasteiger partial charge in [-0.1, -0.05) is 29.8 Å². The molecule has 0 aliphatic rings. The molecule has 1 unspecified atom stereocenters. The Morgan fingerprint density at radius 1 is 1.15 bits per heavy atom. The minimum Gasteiger partial charge on any atom is -0.355 e. The summed E-state index contributed by atoms with van der Waals surface area (Å²) < 4.78 is 1.86. The van der Waals surface area contributed by atoms with Crippen LogP contribution in [0, 0.1) is 6.92 Å². The predicted octanol–water partition coefficient (Wildman–Crippen LogP) is 2.97. The lowest BCUT2D eigenvalue weighted by molar-refractivity contribution is -0.121. The predicted molar refractivity (Wildman–Crippen MR) is 105 cm³/mol. The van der Waals surface area contributed by atoms with E-state index in [1.807, 2.05) is 67.8 Å². The molecule has 3 rings (SSSR count). The van der Waals surface area contributed by atoms with Crippen LogP contribution in [0.15, 0.2) is 48.5 Å². The average Bonchev–Trinajstić information content (AvgIpc) is 3.00. The van der Waals surface area contributed by atoms with Crippen molar-refractivity contribution < 1.29 is 9.59 Å². The molecule has 2 amide bonds. The van der Waals surface area contributed by atoms with Gasteiger partial charge in [0.25, 0.3) is 5.91 Å². The number of benzene rings is 2. The van der Waals surface area contributed by atoms with Crippen molar-refractivity contribution in [2.75, 3.05) is 6.54 Å². The van der Waals surface area contributed by atoms with Crippen LogP contribution in [-0.4, -0.2) is 27.9 Å². The molecule has 2 aromatic carbocycles. The minimum absolute atomic E-state index is 0.0842. The fourth-order valence-corrected chi connectivity index (χ4v) is 3.12. The molecule has 1 atom stereocenters. The van der Waals surface area contributed by atoms with Gasteiger partial charge in [0.2, 0.25) is 5.91 Å². The summed E-state index contributed by atoms with van der Waals surface area (Å²) >= 11 is 0. The normalized spacial score (nSPS) is 12.0. The summed E-state index contributed by atoms with van der Waals surface area (Å²) in [5.41, 5.74) is 3.30. The molecule has 0 spiro atoms. The average molecular weight is 364 g/mol. The monoisotopic (exact) mass is 364 g/mol. The van der Waals surface area contributed by atoms with Gasteiger partial charge in [0.15, 0.2) is 0 Å². The van der Waals surface area contributed by atoms with Crippen LogP contribution in [0.5, 0.6) is 0 Å². The van der Waals surface area contributed by atoms with E-state index < -0.39 is 0 Å². The minimum atomic E-state index is -0.347. The molecule has 0 aliphatic heterocycles. The molecule has 1 aromatic heterocycles. The fourth-order valence-electron chi connectivity index (χ4n) is 3.12. The molecule has 3 aromatic rings. The Balaban J connectivity index is 1.90. The van der Waals surface area contributed by atoms with Crippen molar-refractivity contribution in [3.8, 4) is 0 Å². The first kappa shape index (κ1) is 18.6. The van der Waals surface area contributed by atoms with Gasteiger partial charge in [-0.15, -0.1) is 0 Å². The summed E-state index contributed by atoms with van der Waals surface area (Å²) in [5, 5.41) is 5.80. The lowest BCUT2D eigenvalue weighted by Gasteiger charge is -2.16. The molecule has 6 heteroatoms. The van der Waals surface area contributed by atoms with Crippen molar-refractivity contribution >= 4 is 22.8 Å². The van der Waals surface area contributed by atoms with Crippen LogP contribution < -0.4 is 10.6 Å². The van der Waals surface area contributed by atoms with Crippen LogP contribution >= 0.6 is 0 Å². The van der Waals surface area contributed by atoms with E-state index >= 15 is 0 Å². The van der Waals surface area contributed by atoms with Crippen molar-refractivity contribution in [3.05, 3.63) is 65.5 Å². The maximum absolute atomic E-state index is 12.6. The molecule has 0 aliphatic carbocycles. The first-order chi connectivity index (χ1) is 13.0. The number of amides is 2. The molecule has 0 saturated carbocycles. The molecular weight excluding hydrogens is 340 g/mol. The number of hydrogen-bond acceptors (Lipinski definition) is 3. The van der Waals surface area contributed by atoms with Crippen LogP contribution in [0.1, 0.15) is 41.6 Å². The van der Waals surface area contributed by atoms with Crippen molar-refractivity contribution in [2.45, 2.75) is 33.4 Å². The van der Waals surface area contributed by atoms with Crippen LogP contribution in [-0.2, 0) is 11.3 Å². The van der Waals surface area contributed by atoms with Crippen molar-refractivity contribution in [3.63, 3.8) is 0 Å². The molecule has 140 valence electrons. The number of aryl methyl sites for hydroxylation is 1. The number of rotatable bonds is 6. The second-order valence-corrected chi connectivity index (χ2v) is 6.56. The summed E-state index contributed by atoms with van der Waals surface area (Å²) in [6.07, 6.45) is 0. The summed E-state index contributed by atoms with van der Waals surface area (Å²) in [5.74, 6) is 0.408. The number of para-hydroxylation sites is 2. The van der Waals surface area contributed by atoms with Gasteiger partial charge in [-0.3, -0.25) is 9.59 Å². The zero-order valence-corrected chi connectivity index (χ0v) is 15.8. The second-order valence-electron chi connectivity index (χ2n) is 6.56. The van der Waals surface area contributed by atoms with Gasteiger partial charge in [-0.25, -0.2) is 4.98 Å². The number of fused-ring (bicyclic) bond motifs is 1. The molecule has 1 heterocycles. The van der Waals surface area contributed by atoms with Gasteiger partial charge in [0, 0.05) is 12.1 Å². The lowest BCUT2D eigenvalue weighted by atomic mass is 10.1. The van der Waals surface area contributed by atoms with E-state index in [9.17, 15) is 9.59 Å². The Labute approximate surface area is 158 Å². The number of likely N-dealkylation sites (N-methyl/N-ethyl adjacent to an activating group) is 1. The van der Waals surface area contributed by atoms with Crippen LogP contribution in [0.2, 0.25) is 0 Å². The van der Waals surface area contributed by atoms with E-state index in [4.69, 9.17) is 0 Å². The molecule has 27 heavy (non-hydrogen) atoms. The zero-order chi connectivity index (χ0) is 19.4. The van der Waals surface area contributed by atoms with E-state index in [0.29, 0.717) is 17.9 Å². The number of nitrogens with one attached hydrogen (secondary N) is 2. The Kier molecular flexibility index (Phi) is 5.54. The molecule has 0 saturated heterocycles. The third-order valence-electron chi connectivity index (χ3n) is 4.37. The summed E-state index contributed by atoms with van der Waals surface area (Å²) in [6, 6.07) is 14.8. The molecule has 2 N–H and O–H groups in total. The third-order valence-corrected chi connectivity index (χ3v) is 4.37. The summed E-state index contributed by atoms with van der Waals surface area (Å²) in [4.78, 5) is 29.4. The highest BCUT2D eigenvalue weighted by Crippen LogP contribution is 2.21. The largest absolute Gasteiger partial charge is 0.355 e. The molecule has 6 nitrogen and oxygen atoms in total. The Hall–Kier alpha value is -3.15. The van der Waals surface area contributed by atoms with Gasteiger partial charge >= 0.3 is 0 Å². The third kappa shape index (κ3) is 4.16. The van der Waals surface area contributed by atoms with Crippen molar-refractivity contribution in [2.24, 2.45) is 0 Å². The van der Waals surface area contributed by atoms with E-state index in [0.717, 1.165) is 16.6 Å². The van der Waals surface area contributed by atoms with E-state index in [1.165, 1.54) is 0 Å². The maximum Gasteiger partial charge on any atom is 0.251 e. The SMILES string of the molecule is CCNC(=O)Cn1c(C(C)NC(=O)c2cccc(C)c2)nc2ccccc21. The number of carbonyl (C=O) groups is 2. The maximum atomic E-state index is 12.6. The second kappa shape index (κ2) is 8.03. The van der Waals surface area contributed by atoms with Crippen molar-refractivity contribution in [1.82, 2.24) is 20.2 Å². The van der Waals surface area contributed by atoms with Crippen molar-refractivity contribution in [1.29, 1.82) is 0 Å². The molecule has 0 fully saturated rings. The first-order valence-corrected chi connectivity index (χ1v) is 9.09. The smallest absolute Gasteiger partial charge is 0.251 e. The Morgan fingerprint density at radius 2 is 1.93 bits per heavy atom. The van der Waals surface area contributed by atoms with Crippen LogP contribution in [0.3, 0.4) is 0 Å². The number of nitrogens with zero attached hydrogens (tertiary/aromatic N) is 2. The number of hydrogen-bond donors (Lipinski definition) is 2. The summed E-state index contributed by atoms with van der Waals surface area (Å²) in [6.45, 7) is 6.44. The highest BCUT2D eigenvalue weighted by Gasteiger charge is 2.20. The number of carbonyl (C=O) groups excluding carboxylic acids is 2. The first-order valence-electron chi connectivity index (χ1n) is 9.09. The van der Waals surface area contributed by atoms with E-state index in [-0.39, 0.29) is 24.4 Å². The standard InChI is InChI=1S/C21H24N4O2/c1-4-22-19(26)13-25-18-11-6-5-10-17(18)24-20(25)15(3)23-21(27)16-9-7-8-14(2)12-16/h5-12,15H,4,13H2,1-3H3,(H,22,26)(H,23,27). The lowest BCUT2D eigenvalue weighted by Crippen LogP contribution is -2.31. The topological polar surface area (TPSA) is 76.0 Å². The highest BCUT2D eigenvalue weighted by atomic mass is 16.2. The van der Waals surface area contributed by atoms with Gasteiger partial charge in [-0.05, 0) is 45.0 Å². The Morgan fingerprint density at radius 3 is 2.67 bits per heavy atom. The van der Waals surface area contributed by atoms with Crippen LogP contribution in [0.25, 0.3) is 11.0 Å². The zero-order valence-electron chi connectivity index (χ0n) is 15.8. The highest BCUT2D eigenvalue weighted by molar-refractivity contribution is 5.94. The van der Waals surface area contributed by atoms with Gasteiger partial charge in [-0.2, -0.15) is 0 Å². The quantitative estimate of drug-likeness (QED) is 0.706. The van der Waals surface area contributed by atoms with Crippen LogP contribution in [0.4, 0.5) is 0 Å². The number of imidazole rings is 1. The molecule has 0 radical (unpaired) electrons. The molecular formula is C21H24N4O2. The fraction of sp³-hybridized carbons (Fsp3) is 0.286. The van der Waals surface area contributed by atoms with E-state index in [1.54, 1.807) is 6.07 Å². The van der Waals surface area contributed by atoms with Gasteiger partial charge in [0.1, 0.15) is 12.4 Å². The summed E-state index contributed by atoms with van der Waals surface area (Å²) in [7, 11) is 0. The Bertz CT molecular complexity index is 977. The van der Waals surface area contributed by atoms with E-state index in [2.05, 4.69) is 15.6 Å². The number of aromatic nitrogens is 2. The van der Waals surface area contributed by atoms with Gasteiger partial charge < -0.3 is 15.2 Å².